The summed E-state index contributed by atoms with van der Waals surface area (Å²) in [4.78, 5) is 15.0. The zero-order valence-corrected chi connectivity index (χ0v) is 15.5. The van der Waals surface area contributed by atoms with Gasteiger partial charge in [0.2, 0.25) is 5.91 Å². The molecular weight excluding hydrogens is 310 g/mol. The number of carbonyl (C=O) groups is 1. The Morgan fingerprint density at radius 2 is 1.56 bits per heavy atom. The predicted octanol–water partition coefficient (Wildman–Crippen LogP) is 3.02. The molecule has 0 spiro atoms. The molecule has 2 aromatic carbocycles. The molecule has 0 aliphatic carbocycles. The van der Waals surface area contributed by atoms with E-state index in [0.717, 1.165) is 30.8 Å². The van der Waals surface area contributed by atoms with Gasteiger partial charge in [0.05, 0.1) is 0 Å². The first-order valence-corrected chi connectivity index (χ1v) is 8.90. The summed E-state index contributed by atoms with van der Waals surface area (Å²) in [5.41, 5.74) is 8.42. The van der Waals surface area contributed by atoms with Gasteiger partial charge < -0.3 is 11.1 Å². The molecule has 1 unspecified atom stereocenters. The van der Waals surface area contributed by atoms with E-state index in [1.807, 2.05) is 42.5 Å². The van der Waals surface area contributed by atoms with E-state index in [9.17, 15) is 4.79 Å². The maximum absolute atomic E-state index is 12.6. The largest absolute Gasteiger partial charge is 0.350 e. The Morgan fingerprint density at radius 3 is 2.16 bits per heavy atom. The smallest absolute Gasteiger partial charge is 0.244 e. The molecule has 0 radical (unpaired) electrons. The number of nitrogens with one attached hydrogen (secondary N) is 1. The molecule has 1 atom stereocenters. The summed E-state index contributed by atoms with van der Waals surface area (Å²) in [5.74, 6) is -0.170. The molecule has 25 heavy (non-hydrogen) atoms. The number of benzene rings is 2. The first kappa shape index (κ1) is 19.2. The first-order chi connectivity index (χ1) is 12.0. The van der Waals surface area contributed by atoms with Gasteiger partial charge in [-0.15, -0.1) is 0 Å². The molecule has 0 fully saturated rings. The van der Waals surface area contributed by atoms with Crippen molar-refractivity contribution in [3.05, 3.63) is 71.3 Å². The molecule has 1 amide bonds. The molecule has 134 valence electrons. The highest BCUT2D eigenvalue weighted by Crippen LogP contribution is 2.18. The average molecular weight is 339 g/mol. The van der Waals surface area contributed by atoms with Crippen LogP contribution in [0.3, 0.4) is 0 Å². The average Bonchev–Trinajstić information content (AvgIpc) is 2.65. The van der Waals surface area contributed by atoms with E-state index < -0.39 is 5.54 Å². The van der Waals surface area contributed by atoms with Gasteiger partial charge in [-0.1, -0.05) is 68.4 Å². The number of nitrogens with two attached hydrogens (primary N) is 1. The molecule has 4 heteroatoms. The van der Waals surface area contributed by atoms with Crippen molar-refractivity contribution in [3.8, 4) is 0 Å². The van der Waals surface area contributed by atoms with Gasteiger partial charge in [0, 0.05) is 13.1 Å². The lowest BCUT2D eigenvalue weighted by Crippen LogP contribution is -2.48. The van der Waals surface area contributed by atoms with Crippen LogP contribution in [0.1, 0.15) is 37.5 Å². The van der Waals surface area contributed by atoms with Crippen LogP contribution in [0.2, 0.25) is 0 Å². The minimum Gasteiger partial charge on any atom is -0.350 e. The molecule has 0 saturated carbocycles. The minimum atomic E-state index is -1.05. The normalized spacial score (nSPS) is 13.5. The third-order valence-electron chi connectivity index (χ3n) is 4.69. The molecule has 0 aliphatic heterocycles. The topological polar surface area (TPSA) is 58.4 Å². The van der Waals surface area contributed by atoms with Gasteiger partial charge in [-0.05, 0) is 36.7 Å². The second kappa shape index (κ2) is 8.79. The molecule has 4 nitrogen and oxygen atoms in total. The van der Waals surface area contributed by atoms with E-state index in [4.69, 9.17) is 5.73 Å². The quantitative estimate of drug-likeness (QED) is 0.777. The third kappa shape index (κ3) is 4.91. The zero-order chi connectivity index (χ0) is 18.3. The number of carbonyl (C=O) groups excluding carboxylic acids is 1. The second-order valence-corrected chi connectivity index (χ2v) is 6.48. The summed E-state index contributed by atoms with van der Waals surface area (Å²) in [7, 11) is 0. The van der Waals surface area contributed by atoms with E-state index in [-0.39, 0.29) is 5.91 Å². The Morgan fingerprint density at radius 1 is 1.00 bits per heavy atom. The van der Waals surface area contributed by atoms with Crippen LogP contribution >= 0.6 is 0 Å². The Hall–Kier alpha value is -2.17. The molecule has 2 aromatic rings. The van der Waals surface area contributed by atoms with Crippen molar-refractivity contribution in [3.63, 3.8) is 0 Å². The van der Waals surface area contributed by atoms with Gasteiger partial charge in [-0.2, -0.15) is 0 Å². The zero-order valence-electron chi connectivity index (χ0n) is 15.5. The standard InChI is InChI=1S/C21H29N3O/c1-4-24(5-2)16-18-12-10-9-11-17(18)15-23-20(25)21(3,22)19-13-7-6-8-14-19/h6-14H,4-5,15-16,22H2,1-3H3,(H,23,25). The van der Waals surface area contributed by atoms with E-state index in [1.54, 1.807) is 6.92 Å². The number of rotatable bonds is 8. The molecule has 0 heterocycles. The predicted molar refractivity (Wildman–Crippen MR) is 103 cm³/mol. The van der Waals surface area contributed by atoms with Crippen molar-refractivity contribution >= 4 is 5.91 Å². The highest BCUT2D eigenvalue weighted by atomic mass is 16.2. The van der Waals surface area contributed by atoms with Gasteiger partial charge in [0.25, 0.3) is 0 Å². The fraction of sp³-hybridized carbons (Fsp3) is 0.381. The molecule has 0 saturated heterocycles. The lowest BCUT2D eigenvalue weighted by molar-refractivity contribution is -0.126. The Balaban J connectivity index is 2.07. The maximum atomic E-state index is 12.6. The van der Waals surface area contributed by atoms with Crippen LogP contribution in [0.25, 0.3) is 0 Å². The second-order valence-electron chi connectivity index (χ2n) is 6.48. The van der Waals surface area contributed by atoms with Crippen LogP contribution in [0, 0.1) is 0 Å². The molecule has 3 N–H and O–H groups in total. The molecule has 0 aromatic heterocycles. The van der Waals surface area contributed by atoms with Crippen LogP contribution in [0.4, 0.5) is 0 Å². The van der Waals surface area contributed by atoms with E-state index in [2.05, 4.69) is 36.2 Å². The lowest BCUT2D eigenvalue weighted by Gasteiger charge is -2.25. The molecular formula is C21H29N3O. The molecule has 0 aliphatic rings. The van der Waals surface area contributed by atoms with E-state index in [1.165, 1.54) is 5.56 Å². The fourth-order valence-electron chi connectivity index (χ4n) is 2.85. The van der Waals surface area contributed by atoms with Crippen molar-refractivity contribution in [2.24, 2.45) is 5.73 Å². The summed E-state index contributed by atoms with van der Waals surface area (Å²) in [6, 6.07) is 17.7. The highest BCUT2D eigenvalue weighted by molar-refractivity contribution is 5.86. The lowest BCUT2D eigenvalue weighted by atomic mass is 9.92. The van der Waals surface area contributed by atoms with Crippen molar-refractivity contribution in [1.82, 2.24) is 10.2 Å². The Bertz CT molecular complexity index is 679. The van der Waals surface area contributed by atoms with Crippen LogP contribution < -0.4 is 11.1 Å². The maximum Gasteiger partial charge on any atom is 0.244 e. The van der Waals surface area contributed by atoms with Crippen LogP contribution in [-0.4, -0.2) is 23.9 Å². The van der Waals surface area contributed by atoms with Crippen molar-refractivity contribution in [2.75, 3.05) is 13.1 Å². The summed E-state index contributed by atoms with van der Waals surface area (Å²) in [6.45, 7) is 9.45. The summed E-state index contributed by atoms with van der Waals surface area (Å²) < 4.78 is 0. The van der Waals surface area contributed by atoms with E-state index in [0.29, 0.717) is 6.54 Å². The fourth-order valence-corrected chi connectivity index (χ4v) is 2.85. The summed E-state index contributed by atoms with van der Waals surface area (Å²) >= 11 is 0. The summed E-state index contributed by atoms with van der Waals surface area (Å²) in [5, 5.41) is 3.00. The van der Waals surface area contributed by atoms with Gasteiger partial charge in [0.1, 0.15) is 5.54 Å². The number of nitrogens with zero attached hydrogens (tertiary/aromatic N) is 1. The van der Waals surface area contributed by atoms with Crippen LogP contribution in [-0.2, 0) is 23.4 Å². The van der Waals surface area contributed by atoms with Gasteiger partial charge in [-0.25, -0.2) is 0 Å². The summed E-state index contributed by atoms with van der Waals surface area (Å²) in [6.07, 6.45) is 0. The van der Waals surface area contributed by atoms with Crippen molar-refractivity contribution in [2.45, 2.75) is 39.4 Å². The highest BCUT2D eigenvalue weighted by Gasteiger charge is 2.30. The number of hydrogen-bond acceptors (Lipinski definition) is 3. The van der Waals surface area contributed by atoms with Crippen LogP contribution in [0.15, 0.2) is 54.6 Å². The monoisotopic (exact) mass is 339 g/mol. The molecule has 0 bridgehead atoms. The van der Waals surface area contributed by atoms with Crippen LogP contribution in [0.5, 0.6) is 0 Å². The first-order valence-electron chi connectivity index (χ1n) is 8.90. The van der Waals surface area contributed by atoms with Crippen molar-refractivity contribution in [1.29, 1.82) is 0 Å². The molecule has 2 rings (SSSR count). The SMILES string of the molecule is CCN(CC)Cc1ccccc1CNC(=O)C(C)(N)c1ccccc1. The Labute approximate surface area is 151 Å². The number of hydrogen-bond donors (Lipinski definition) is 2. The third-order valence-corrected chi connectivity index (χ3v) is 4.69. The van der Waals surface area contributed by atoms with Gasteiger partial charge in [-0.3, -0.25) is 9.69 Å². The van der Waals surface area contributed by atoms with Gasteiger partial charge >= 0.3 is 0 Å². The number of amides is 1. The minimum absolute atomic E-state index is 0.170. The van der Waals surface area contributed by atoms with Crippen molar-refractivity contribution < 1.29 is 4.79 Å². The Kier molecular flexibility index (Phi) is 6.73. The van der Waals surface area contributed by atoms with Gasteiger partial charge in [0.15, 0.2) is 0 Å². The van der Waals surface area contributed by atoms with E-state index >= 15 is 0 Å².